The van der Waals surface area contributed by atoms with Crippen molar-refractivity contribution in [3.8, 4) is 11.3 Å². The fourth-order valence-corrected chi connectivity index (χ4v) is 3.87. The summed E-state index contributed by atoms with van der Waals surface area (Å²) in [5.41, 5.74) is 3.32. The summed E-state index contributed by atoms with van der Waals surface area (Å²) >= 11 is 0. The smallest absolute Gasteiger partial charge is 0.258 e. The monoisotopic (exact) mass is 413 g/mol. The highest BCUT2D eigenvalue weighted by Crippen LogP contribution is 2.24. The van der Waals surface area contributed by atoms with Crippen LogP contribution in [0.25, 0.3) is 22.2 Å². The quantitative estimate of drug-likeness (QED) is 0.550. The molecule has 0 radical (unpaired) electrons. The second-order valence-electron chi connectivity index (χ2n) is 7.77. The standard InChI is InChI=1S/C23H23N7O/c1-15-25-14-20(29(15)2)16-5-6-18-13-26-23(27-19(18)11-16)28-22(31)17-7-8-24-21(12-17)30-9-3-4-10-30/h5-8,11-14H,3-4,9-10H2,1-2H3,(H,26,27,28,31). The molecule has 0 saturated carbocycles. The summed E-state index contributed by atoms with van der Waals surface area (Å²) in [7, 11) is 1.98. The second kappa shape index (κ2) is 7.79. The topological polar surface area (TPSA) is 88.8 Å². The van der Waals surface area contributed by atoms with Crippen LogP contribution in [0.5, 0.6) is 0 Å². The first-order valence-electron chi connectivity index (χ1n) is 10.4. The summed E-state index contributed by atoms with van der Waals surface area (Å²) in [5, 5.41) is 3.72. The van der Waals surface area contributed by atoms with Crippen LogP contribution in [0.3, 0.4) is 0 Å². The van der Waals surface area contributed by atoms with Gasteiger partial charge in [-0.1, -0.05) is 12.1 Å². The minimum Gasteiger partial charge on any atom is -0.357 e. The van der Waals surface area contributed by atoms with E-state index in [0.29, 0.717) is 5.56 Å². The molecule has 1 aromatic carbocycles. The third-order valence-corrected chi connectivity index (χ3v) is 5.76. The van der Waals surface area contributed by atoms with Gasteiger partial charge in [-0.05, 0) is 38.0 Å². The maximum Gasteiger partial charge on any atom is 0.258 e. The molecule has 4 heterocycles. The molecule has 0 spiro atoms. The molecule has 156 valence electrons. The van der Waals surface area contributed by atoms with Crippen molar-refractivity contribution in [2.24, 2.45) is 7.05 Å². The number of aromatic nitrogens is 5. The van der Waals surface area contributed by atoms with Crippen LogP contribution in [-0.2, 0) is 7.05 Å². The third kappa shape index (κ3) is 3.72. The van der Waals surface area contributed by atoms with Crippen LogP contribution in [0.15, 0.2) is 48.9 Å². The van der Waals surface area contributed by atoms with E-state index in [1.165, 1.54) is 0 Å². The average molecular weight is 413 g/mol. The molecule has 31 heavy (non-hydrogen) atoms. The Morgan fingerprint density at radius 1 is 1.03 bits per heavy atom. The lowest BCUT2D eigenvalue weighted by atomic mass is 10.1. The first-order chi connectivity index (χ1) is 15.1. The van der Waals surface area contributed by atoms with Gasteiger partial charge < -0.3 is 9.47 Å². The third-order valence-electron chi connectivity index (χ3n) is 5.76. The molecule has 1 saturated heterocycles. The summed E-state index contributed by atoms with van der Waals surface area (Å²) in [6.07, 6.45) is 7.55. The first kappa shape index (κ1) is 19.2. The molecule has 1 fully saturated rings. The number of carbonyl (C=O) groups is 1. The van der Waals surface area contributed by atoms with Crippen molar-refractivity contribution in [1.82, 2.24) is 24.5 Å². The van der Waals surface area contributed by atoms with E-state index in [-0.39, 0.29) is 11.9 Å². The summed E-state index contributed by atoms with van der Waals surface area (Å²) in [5.74, 6) is 1.80. The zero-order valence-corrected chi connectivity index (χ0v) is 17.5. The van der Waals surface area contributed by atoms with Crippen LogP contribution in [0, 0.1) is 6.92 Å². The van der Waals surface area contributed by atoms with Crippen molar-refractivity contribution in [3.63, 3.8) is 0 Å². The highest BCUT2D eigenvalue weighted by Gasteiger charge is 2.16. The molecule has 0 atom stereocenters. The molecule has 5 rings (SSSR count). The minimum absolute atomic E-state index is 0.249. The number of fused-ring (bicyclic) bond motifs is 1. The predicted octanol–water partition coefficient (Wildman–Crippen LogP) is 3.59. The number of nitrogens with zero attached hydrogens (tertiary/aromatic N) is 6. The van der Waals surface area contributed by atoms with Crippen LogP contribution in [0.1, 0.15) is 29.0 Å². The zero-order chi connectivity index (χ0) is 21.4. The fourth-order valence-electron chi connectivity index (χ4n) is 3.87. The maximum atomic E-state index is 12.8. The van der Waals surface area contributed by atoms with Crippen molar-refractivity contribution >= 4 is 28.6 Å². The van der Waals surface area contributed by atoms with Crippen LogP contribution in [0.4, 0.5) is 11.8 Å². The number of carbonyl (C=O) groups excluding carboxylic acids is 1. The van der Waals surface area contributed by atoms with Crippen LogP contribution >= 0.6 is 0 Å². The van der Waals surface area contributed by atoms with Crippen LogP contribution in [0.2, 0.25) is 0 Å². The highest BCUT2D eigenvalue weighted by atomic mass is 16.1. The van der Waals surface area contributed by atoms with Gasteiger partial charge in [-0.15, -0.1) is 0 Å². The number of nitrogens with one attached hydrogen (secondary N) is 1. The number of imidazole rings is 1. The van der Waals surface area contributed by atoms with Gasteiger partial charge in [0.05, 0.1) is 17.4 Å². The van der Waals surface area contributed by atoms with E-state index in [1.807, 2.05) is 49.0 Å². The molecular formula is C23H23N7O. The number of hydrogen-bond donors (Lipinski definition) is 1. The Kier molecular flexibility index (Phi) is 4.82. The molecule has 1 amide bonds. The molecule has 8 heteroatoms. The molecule has 0 unspecified atom stereocenters. The van der Waals surface area contributed by atoms with E-state index in [1.54, 1.807) is 18.5 Å². The van der Waals surface area contributed by atoms with E-state index in [4.69, 9.17) is 0 Å². The lowest BCUT2D eigenvalue weighted by molar-refractivity contribution is 0.102. The number of hydrogen-bond acceptors (Lipinski definition) is 6. The van der Waals surface area contributed by atoms with Crippen molar-refractivity contribution < 1.29 is 4.79 Å². The lowest BCUT2D eigenvalue weighted by Crippen LogP contribution is -2.20. The van der Waals surface area contributed by atoms with E-state index in [9.17, 15) is 4.79 Å². The van der Waals surface area contributed by atoms with E-state index in [0.717, 1.165) is 59.7 Å². The Balaban J connectivity index is 1.40. The molecule has 1 aliphatic heterocycles. The Labute approximate surface area is 180 Å². The summed E-state index contributed by atoms with van der Waals surface area (Å²) in [4.78, 5) is 32.6. The number of rotatable bonds is 4. The molecular weight excluding hydrogens is 390 g/mol. The Morgan fingerprint density at radius 2 is 1.87 bits per heavy atom. The Hall–Kier alpha value is -3.81. The van der Waals surface area contributed by atoms with Gasteiger partial charge in [0, 0.05) is 49.0 Å². The highest BCUT2D eigenvalue weighted by molar-refractivity contribution is 6.04. The van der Waals surface area contributed by atoms with Gasteiger partial charge in [0.1, 0.15) is 11.6 Å². The van der Waals surface area contributed by atoms with Gasteiger partial charge in [-0.25, -0.2) is 19.9 Å². The zero-order valence-electron chi connectivity index (χ0n) is 17.5. The summed E-state index contributed by atoms with van der Waals surface area (Å²) in [6.45, 7) is 3.92. The predicted molar refractivity (Wildman–Crippen MR) is 120 cm³/mol. The summed E-state index contributed by atoms with van der Waals surface area (Å²) in [6, 6.07) is 9.52. The molecule has 1 aliphatic rings. The largest absolute Gasteiger partial charge is 0.357 e. The first-order valence-corrected chi connectivity index (χ1v) is 10.4. The molecule has 1 N–H and O–H groups in total. The SMILES string of the molecule is Cc1ncc(-c2ccc3cnc(NC(=O)c4ccnc(N5CCCC5)c4)nc3c2)n1C. The van der Waals surface area contributed by atoms with E-state index < -0.39 is 0 Å². The van der Waals surface area contributed by atoms with Gasteiger partial charge in [0.25, 0.3) is 5.91 Å². The Morgan fingerprint density at radius 3 is 2.65 bits per heavy atom. The number of anilines is 2. The number of benzene rings is 1. The van der Waals surface area contributed by atoms with Crippen molar-refractivity contribution in [2.45, 2.75) is 19.8 Å². The van der Waals surface area contributed by atoms with Gasteiger partial charge >= 0.3 is 0 Å². The number of amides is 1. The van der Waals surface area contributed by atoms with Crippen LogP contribution < -0.4 is 10.2 Å². The number of pyridine rings is 1. The maximum absolute atomic E-state index is 12.8. The molecule has 0 bridgehead atoms. The number of aryl methyl sites for hydroxylation is 1. The van der Waals surface area contributed by atoms with Crippen molar-refractivity contribution in [1.29, 1.82) is 0 Å². The minimum atomic E-state index is -0.249. The average Bonchev–Trinajstić information content (AvgIpc) is 3.44. The van der Waals surface area contributed by atoms with Gasteiger partial charge in [0.2, 0.25) is 5.95 Å². The summed E-state index contributed by atoms with van der Waals surface area (Å²) < 4.78 is 2.03. The normalized spacial score (nSPS) is 13.7. The fraction of sp³-hybridized carbons (Fsp3) is 0.261. The lowest BCUT2D eigenvalue weighted by Gasteiger charge is -2.16. The van der Waals surface area contributed by atoms with E-state index in [2.05, 4.69) is 30.2 Å². The van der Waals surface area contributed by atoms with Gasteiger partial charge in [-0.3, -0.25) is 10.1 Å². The molecule has 8 nitrogen and oxygen atoms in total. The molecule has 4 aromatic rings. The van der Waals surface area contributed by atoms with Gasteiger partial charge in [-0.2, -0.15) is 0 Å². The Bertz CT molecular complexity index is 1270. The van der Waals surface area contributed by atoms with E-state index >= 15 is 0 Å². The van der Waals surface area contributed by atoms with Crippen molar-refractivity contribution in [3.05, 3.63) is 60.3 Å². The van der Waals surface area contributed by atoms with Crippen LogP contribution in [-0.4, -0.2) is 43.5 Å². The molecule has 3 aromatic heterocycles. The second-order valence-corrected chi connectivity index (χ2v) is 7.77. The van der Waals surface area contributed by atoms with Crippen molar-refractivity contribution in [2.75, 3.05) is 23.3 Å². The van der Waals surface area contributed by atoms with Gasteiger partial charge in [0.15, 0.2) is 0 Å². The molecule has 0 aliphatic carbocycles.